The van der Waals surface area contributed by atoms with Crippen LogP contribution >= 0.6 is 0 Å². The molecule has 0 aromatic carbocycles. The molecule has 1 fully saturated rings. The minimum atomic E-state index is 0.232. The molecule has 1 saturated heterocycles. The van der Waals surface area contributed by atoms with Gasteiger partial charge in [0.05, 0.1) is 6.61 Å². The molecule has 1 aliphatic rings. The van der Waals surface area contributed by atoms with Gasteiger partial charge in [0, 0.05) is 38.8 Å². The summed E-state index contributed by atoms with van der Waals surface area (Å²) in [6.07, 6.45) is 1.09. The number of aryl methyl sites for hydroxylation is 1. The molecule has 112 valence electrons. The van der Waals surface area contributed by atoms with Gasteiger partial charge in [-0.15, -0.1) is 0 Å². The Balaban J connectivity index is 2.17. The number of aliphatic hydroxyl groups excluding tert-OH is 1. The zero-order valence-electron chi connectivity index (χ0n) is 12.7. The maximum Gasteiger partial charge on any atom is 0.137 e. The summed E-state index contributed by atoms with van der Waals surface area (Å²) in [7, 11) is 1.89. The lowest BCUT2D eigenvalue weighted by molar-refractivity contribution is 0.204. The van der Waals surface area contributed by atoms with Gasteiger partial charge in [-0.2, -0.15) is 0 Å². The van der Waals surface area contributed by atoms with Crippen LogP contribution in [-0.2, 0) is 0 Å². The van der Waals surface area contributed by atoms with Crippen molar-refractivity contribution < 1.29 is 5.11 Å². The van der Waals surface area contributed by atoms with Crippen molar-refractivity contribution in [3.63, 3.8) is 0 Å². The van der Waals surface area contributed by atoms with Crippen molar-refractivity contribution in [2.75, 3.05) is 56.6 Å². The van der Waals surface area contributed by atoms with Crippen LogP contribution in [0.15, 0.2) is 0 Å². The van der Waals surface area contributed by atoms with Crippen LogP contribution in [0.3, 0.4) is 0 Å². The number of aromatic nitrogens is 2. The summed E-state index contributed by atoms with van der Waals surface area (Å²) in [6, 6.07) is 0. The number of β-amino-alcohol motifs (C(OH)–C–C–N with tert-alkyl or cyclic N) is 1. The van der Waals surface area contributed by atoms with Crippen molar-refractivity contribution >= 4 is 11.6 Å². The van der Waals surface area contributed by atoms with Crippen molar-refractivity contribution in [1.82, 2.24) is 14.9 Å². The molecule has 1 aliphatic heterocycles. The number of hydrogen-bond donors (Lipinski definition) is 2. The fourth-order valence-corrected chi connectivity index (χ4v) is 2.71. The van der Waals surface area contributed by atoms with Gasteiger partial charge in [0.25, 0.3) is 0 Å². The van der Waals surface area contributed by atoms with E-state index in [1.54, 1.807) is 0 Å². The lowest BCUT2D eigenvalue weighted by Crippen LogP contribution is -2.33. The van der Waals surface area contributed by atoms with Crippen molar-refractivity contribution in [3.8, 4) is 0 Å². The van der Waals surface area contributed by atoms with Crippen LogP contribution in [0.1, 0.15) is 17.8 Å². The molecular weight excluding hydrogens is 254 g/mol. The molecular formula is C14H25N5O. The first-order valence-electron chi connectivity index (χ1n) is 7.27. The van der Waals surface area contributed by atoms with E-state index < -0.39 is 0 Å². The van der Waals surface area contributed by atoms with Gasteiger partial charge in [0.15, 0.2) is 0 Å². The van der Waals surface area contributed by atoms with Crippen LogP contribution in [0.25, 0.3) is 0 Å². The summed E-state index contributed by atoms with van der Waals surface area (Å²) >= 11 is 0. The molecule has 0 atom stereocenters. The maximum atomic E-state index is 9.06. The van der Waals surface area contributed by atoms with Gasteiger partial charge < -0.3 is 15.3 Å². The molecule has 2 rings (SSSR count). The molecule has 0 bridgehead atoms. The normalized spacial score (nSPS) is 17.1. The van der Waals surface area contributed by atoms with E-state index in [4.69, 9.17) is 5.11 Å². The molecule has 2 N–H and O–H groups in total. The molecule has 0 amide bonds. The zero-order chi connectivity index (χ0) is 14.5. The number of aliphatic hydroxyl groups is 1. The van der Waals surface area contributed by atoms with E-state index in [0.717, 1.165) is 62.2 Å². The van der Waals surface area contributed by atoms with E-state index in [1.807, 2.05) is 14.0 Å². The Bertz CT molecular complexity index is 451. The molecule has 6 heteroatoms. The third-order valence-corrected chi connectivity index (χ3v) is 3.77. The first kappa shape index (κ1) is 15.0. The summed E-state index contributed by atoms with van der Waals surface area (Å²) in [4.78, 5) is 13.7. The van der Waals surface area contributed by atoms with Gasteiger partial charge in [-0.25, -0.2) is 9.97 Å². The van der Waals surface area contributed by atoms with Crippen molar-refractivity contribution in [1.29, 1.82) is 0 Å². The predicted octanol–water partition coefficient (Wildman–Crippen LogP) is 0.640. The Morgan fingerprint density at radius 1 is 1.15 bits per heavy atom. The fourth-order valence-electron chi connectivity index (χ4n) is 2.71. The predicted molar refractivity (Wildman–Crippen MR) is 81.4 cm³/mol. The van der Waals surface area contributed by atoms with E-state index in [-0.39, 0.29) is 6.61 Å². The van der Waals surface area contributed by atoms with E-state index in [1.165, 1.54) is 0 Å². The van der Waals surface area contributed by atoms with E-state index >= 15 is 0 Å². The zero-order valence-corrected chi connectivity index (χ0v) is 12.7. The van der Waals surface area contributed by atoms with Gasteiger partial charge in [0.2, 0.25) is 0 Å². The Hall–Kier alpha value is -1.40. The second kappa shape index (κ2) is 6.85. The smallest absolute Gasteiger partial charge is 0.137 e. The molecule has 6 nitrogen and oxygen atoms in total. The van der Waals surface area contributed by atoms with Crippen molar-refractivity contribution in [3.05, 3.63) is 11.4 Å². The number of rotatable bonds is 4. The Labute approximate surface area is 120 Å². The average Bonchev–Trinajstić information content (AvgIpc) is 2.67. The second-order valence-corrected chi connectivity index (χ2v) is 5.22. The highest BCUT2D eigenvalue weighted by molar-refractivity contribution is 5.58. The first-order valence-corrected chi connectivity index (χ1v) is 7.27. The molecule has 2 heterocycles. The van der Waals surface area contributed by atoms with Crippen LogP contribution in [0.5, 0.6) is 0 Å². The van der Waals surface area contributed by atoms with E-state index in [2.05, 4.69) is 32.0 Å². The largest absolute Gasteiger partial charge is 0.395 e. The maximum absolute atomic E-state index is 9.06. The minimum Gasteiger partial charge on any atom is -0.395 e. The fraction of sp³-hybridized carbons (Fsp3) is 0.714. The average molecular weight is 279 g/mol. The number of hydrogen-bond acceptors (Lipinski definition) is 6. The van der Waals surface area contributed by atoms with Gasteiger partial charge >= 0.3 is 0 Å². The Morgan fingerprint density at radius 2 is 1.95 bits per heavy atom. The molecule has 0 spiro atoms. The quantitative estimate of drug-likeness (QED) is 0.843. The Morgan fingerprint density at radius 3 is 2.65 bits per heavy atom. The SMILES string of the molecule is CNc1nc(C)nc(N2CCCN(CCO)CC2)c1C. The van der Waals surface area contributed by atoms with Crippen molar-refractivity contribution in [2.24, 2.45) is 0 Å². The minimum absolute atomic E-state index is 0.232. The Kier molecular flexibility index (Phi) is 5.14. The molecule has 20 heavy (non-hydrogen) atoms. The highest BCUT2D eigenvalue weighted by Crippen LogP contribution is 2.24. The van der Waals surface area contributed by atoms with Crippen LogP contribution in [0.4, 0.5) is 11.6 Å². The summed E-state index contributed by atoms with van der Waals surface area (Å²) in [5, 5.41) is 12.2. The summed E-state index contributed by atoms with van der Waals surface area (Å²) in [5.41, 5.74) is 1.11. The molecule has 1 aromatic heterocycles. The van der Waals surface area contributed by atoms with Crippen LogP contribution in [-0.4, -0.2) is 66.4 Å². The molecule has 0 aliphatic carbocycles. The molecule has 1 aromatic rings. The topological polar surface area (TPSA) is 64.5 Å². The molecule has 0 unspecified atom stereocenters. The van der Waals surface area contributed by atoms with Crippen LogP contribution in [0.2, 0.25) is 0 Å². The van der Waals surface area contributed by atoms with Gasteiger partial charge in [0.1, 0.15) is 17.5 Å². The van der Waals surface area contributed by atoms with Crippen LogP contribution in [0, 0.1) is 13.8 Å². The monoisotopic (exact) mass is 279 g/mol. The summed E-state index contributed by atoms with van der Waals surface area (Å²) < 4.78 is 0. The second-order valence-electron chi connectivity index (χ2n) is 5.22. The number of nitrogens with one attached hydrogen (secondary N) is 1. The number of nitrogens with zero attached hydrogens (tertiary/aromatic N) is 4. The standard InChI is InChI=1S/C14H25N5O/c1-11-13(15-3)16-12(2)17-14(11)19-6-4-5-18(7-8-19)9-10-20/h20H,4-10H2,1-3H3,(H,15,16,17). The third kappa shape index (κ3) is 3.37. The van der Waals surface area contributed by atoms with Gasteiger partial charge in [-0.3, -0.25) is 4.90 Å². The highest BCUT2D eigenvalue weighted by atomic mass is 16.3. The van der Waals surface area contributed by atoms with Crippen LogP contribution < -0.4 is 10.2 Å². The summed E-state index contributed by atoms with van der Waals surface area (Å²) in [6.45, 7) is 8.95. The van der Waals surface area contributed by atoms with E-state index in [9.17, 15) is 0 Å². The third-order valence-electron chi connectivity index (χ3n) is 3.77. The highest BCUT2D eigenvalue weighted by Gasteiger charge is 2.19. The van der Waals surface area contributed by atoms with Gasteiger partial charge in [-0.1, -0.05) is 0 Å². The number of anilines is 2. The van der Waals surface area contributed by atoms with E-state index in [0.29, 0.717) is 0 Å². The molecule has 0 saturated carbocycles. The first-order chi connectivity index (χ1) is 9.65. The van der Waals surface area contributed by atoms with Crippen molar-refractivity contribution in [2.45, 2.75) is 20.3 Å². The van der Waals surface area contributed by atoms with Gasteiger partial charge in [-0.05, 0) is 26.8 Å². The lowest BCUT2D eigenvalue weighted by atomic mass is 10.2. The molecule has 0 radical (unpaired) electrons. The lowest BCUT2D eigenvalue weighted by Gasteiger charge is -2.25. The summed E-state index contributed by atoms with van der Waals surface area (Å²) in [5.74, 6) is 2.74.